The molecule has 0 spiro atoms. The van der Waals surface area contributed by atoms with Crippen molar-refractivity contribution in [2.24, 2.45) is 23.2 Å². The minimum atomic E-state index is -0.271. The summed E-state index contributed by atoms with van der Waals surface area (Å²) in [6.45, 7) is 6.73. The summed E-state index contributed by atoms with van der Waals surface area (Å²) in [7, 11) is 0. The van der Waals surface area contributed by atoms with Crippen molar-refractivity contribution in [2.45, 2.75) is 59.3 Å². The number of hydrogen-bond acceptors (Lipinski definition) is 4. The van der Waals surface area contributed by atoms with Crippen molar-refractivity contribution in [3.8, 4) is 22.8 Å². The van der Waals surface area contributed by atoms with Gasteiger partial charge in [0.05, 0.1) is 12.0 Å². The second-order valence-electron chi connectivity index (χ2n) is 9.81. The highest BCUT2D eigenvalue weighted by Gasteiger charge is 2.55. The third-order valence-electron chi connectivity index (χ3n) is 7.47. The van der Waals surface area contributed by atoms with E-state index in [1.165, 1.54) is 19.3 Å². The molecule has 0 radical (unpaired) electrons. The lowest BCUT2D eigenvalue weighted by Crippen LogP contribution is -2.51. The molecule has 158 valence electrons. The van der Waals surface area contributed by atoms with E-state index < -0.39 is 0 Å². The van der Waals surface area contributed by atoms with Gasteiger partial charge in [-0.1, -0.05) is 0 Å². The van der Waals surface area contributed by atoms with Gasteiger partial charge >= 0.3 is 5.97 Å². The van der Waals surface area contributed by atoms with Crippen LogP contribution in [0.25, 0.3) is 11.3 Å². The molecule has 1 heterocycles. The molecule has 6 rings (SSSR count). The molecule has 4 nitrogen and oxygen atoms in total. The first-order chi connectivity index (χ1) is 14.5. The van der Waals surface area contributed by atoms with E-state index in [1.807, 2.05) is 32.9 Å². The number of carbonyl (C=O) groups excluding carboxylic acids is 1. The molecule has 0 amide bonds. The molecule has 2 aromatic rings. The molecule has 4 fully saturated rings. The minimum Gasteiger partial charge on any atom is -0.493 e. The van der Waals surface area contributed by atoms with Gasteiger partial charge in [-0.05, 0) is 112 Å². The molecule has 4 saturated carbocycles. The van der Waals surface area contributed by atoms with E-state index >= 15 is 0 Å². The Morgan fingerprint density at radius 2 is 1.67 bits per heavy atom. The number of rotatable bonds is 5. The zero-order valence-electron chi connectivity index (χ0n) is 18.2. The first-order valence-corrected chi connectivity index (χ1v) is 11.4. The van der Waals surface area contributed by atoms with Crippen LogP contribution >= 0.6 is 0 Å². The Morgan fingerprint density at radius 3 is 2.23 bits per heavy atom. The summed E-state index contributed by atoms with van der Waals surface area (Å²) in [6, 6.07) is 7.87. The topological polar surface area (TPSA) is 48.4 Å². The van der Waals surface area contributed by atoms with Crippen molar-refractivity contribution in [2.75, 3.05) is 6.61 Å². The first-order valence-electron chi connectivity index (χ1n) is 11.4. The number of esters is 1. The van der Waals surface area contributed by atoms with Crippen LogP contribution in [0, 0.1) is 37.0 Å². The van der Waals surface area contributed by atoms with Gasteiger partial charge in [0.2, 0.25) is 0 Å². The third-order valence-corrected chi connectivity index (χ3v) is 7.47. The van der Waals surface area contributed by atoms with Crippen LogP contribution < -0.4 is 9.47 Å². The summed E-state index contributed by atoms with van der Waals surface area (Å²) in [5.41, 5.74) is 3.55. The van der Waals surface area contributed by atoms with Gasteiger partial charge in [-0.15, -0.1) is 0 Å². The van der Waals surface area contributed by atoms with Gasteiger partial charge in [-0.2, -0.15) is 0 Å². The van der Waals surface area contributed by atoms with Crippen LogP contribution in [0.3, 0.4) is 0 Å². The average Bonchev–Trinajstić information content (AvgIpc) is 2.70. The van der Waals surface area contributed by atoms with Crippen LogP contribution in [0.1, 0.15) is 56.6 Å². The first kappa shape index (κ1) is 19.6. The van der Waals surface area contributed by atoms with Crippen molar-refractivity contribution in [3.05, 3.63) is 41.6 Å². The van der Waals surface area contributed by atoms with Crippen molar-refractivity contribution >= 4 is 5.97 Å². The Morgan fingerprint density at radius 1 is 1.07 bits per heavy atom. The summed E-state index contributed by atoms with van der Waals surface area (Å²) in [4.78, 5) is 18.0. The lowest BCUT2D eigenvalue weighted by molar-refractivity contribution is -0.161. The normalized spacial score (nSPS) is 29.1. The molecule has 4 aliphatic rings. The van der Waals surface area contributed by atoms with Crippen LogP contribution in [0.15, 0.2) is 30.5 Å². The lowest BCUT2D eigenvalue weighted by Gasteiger charge is -2.55. The molecule has 0 N–H and O–H groups in total. The largest absolute Gasteiger partial charge is 0.493 e. The molecule has 0 unspecified atom stereocenters. The number of pyridine rings is 1. The quantitative estimate of drug-likeness (QED) is 0.582. The SMILES string of the molecule is CCOc1c(C)cc(-c2ncccc2OC(=O)C23CC4CC(CC(C4)C2)C3)cc1C. The molecule has 0 aliphatic heterocycles. The summed E-state index contributed by atoms with van der Waals surface area (Å²) in [5, 5.41) is 0. The van der Waals surface area contributed by atoms with Crippen molar-refractivity contribution in [1.82, 2.24) is 4.98 Å². The Bertz CT molecular complexity index is 922. The van der Waals surface area contributed by atoms with Gasteiger partial charge < -0.3 is 9.47 Å². The molecular formula is C26H31NO3. The van der Waals surface area contributed by atoms with Gasteiger partial charge in [0.25, 0.3) is 0 Å². The van der Waals surface area contributed by atoms with E-state index in [4.69, 9.17) is 9.47 Å². The highest BCUT2D eigenvalue weighted by molar-refractivity contribution is 5.82. The molecule has 1 aromatic carbocycles. The molecular weight excluding hydrogens is 374 g/mol. The zero-order chi connectivity index (χ0) is 20.9. The lowest BCUT2D eigenvalue weighted by atomic mass is 9.49. The smallest absolute Gasteiger partial charge is 0.317 e. The Hall–Kier alpha value is -2.36. The average molecular weight is 406 g/mol. The minimum absolute atomic E-state index is 0.0322. The van der Waals surface area contributed by atoms with Crippen LogP contribution in [-0.4, -0.2) is 17.6 Å². The van der Waals surface area contributed by atoms with E-state index in [1.54, 1.807) is 6.20 Å². The van der Waals surface area contributed by atoms with Gasteiger partial charge in [-0.3, -0.25) is 9.78 Å². The third kappa shape index (κ3) is 3.30. The molecule has 4 heteroatoms. The van der Waals surface area contributed by atoms with E-state index in [2.05, 4.69) is 17.1 Å². The van der Waals surface area contributed by atoms with Crippen molar-refractivity contribution in [1.29, 1.82) is 0 Å². The maximum absolute atomic E-state index is 13.5. The number of nitrogens with zero attached hydrogens (tertiary/aromatic N) is 1. The molecule has 1 aromatic heterocycles. The fourth-order valence-corrected chi connectivity index (χ4v) is 6.72. The van der Waals surface area contributed by atoms with Crippen LogP contribution in [0.4, 0.5) is 0 Å². The van der Waals surface area contributed by atoms with Crippen LogP contribution in [0.5, 0.6) is 11.5 Å². The fourth-order valence-electron chi connectivity index (χ4n) is 6.72. The maximum Gasteiger partial charge on any atom is 0.317 e. The predicted octanol–water partition coefficient (Wildman–Crippen LogP) is 5.89. The highest BCUT2D eigenvalue weighted by Crippen LogP contribution is 2.60. The summed E-state index contributed by atoms with van der Waals surface area (Å²) < 4.78 is 11.9. The fraction of sp³-hybridized carbons (Fsp3) is 0.538. The molecule has 0 saturated heterocycles. The number of carbonyl (C=O) groups is 1. The second-order valence-corrected chi connectivity index (χ2v) is 9.81. The number of benzene rings is 1. The molecule has 4 aliphatic carbocycles. The monoisotopic (exact) mass is 405 g/mol. The Labute approximate surface area is 179 Å². The zero-order valence-corrected chi connectivity index (χ0v) is 18.2. The summed E-state index contributed by atoms with van der Waals surface area (Å²) >= 11 is 0. The number of hydrogen-bond donors (Lipinski definition) is 0. The van der Waals surface area contributed by atoms with E-state index in [0.29, 0.717) is 30.1 Å². The summed E-state index contributed by atoms with van der Waals surface area (Å²) in [5.74, 6) is 3.61. The second kappa shape index (κ2) is 7.40. The standard InChI is InChI=1S/C26H31NO3/c1-4-29-24-16(2)8-21(9-17(24)3)23-22(6-5-7-27-23)30-25(28)26-13-18-10-19(14-26)12-20(11-18)15-26/h5-9,18-20H,4,10-15H2,1-3H3. The molecule has 30 heavy (non-hydrogen) atoms. The van der Waals surface area contributed by atoms with Gasteiger partial charge in [0.1, 0.15) is 11.4 Å². The number of ether oxygens (including phenoxy) is 2. The summed E-state index contributed by atoms with van der Waals surface area (Å²) in [6.07, 6.45) is 8.73. The van der Waals surface area contributed by atoms with E-state index in [9.17, 15) is 4.79 Å². The number of aromatic nitrogens is 1. The predicted molar refractivity (Wildman–Crippen MR) is 117 cm³/mol. The van der Waals surface area contributed by atoms with Crippen molar-refractivity contribution in [3.63, 3.8) is 0 Å². The van der Waals surface area contributed by atoms with Crippen molar-refractivity contribution < 1.29 is 14.3 Å². The molecule has 4 bridgehead atoms. The van der Waals surface area contributed by atoms with Gasteiger partial charge in [0.15, 0.2) is 5.75 Å². The Kier molecular flexibility index (Phi) is 4.83. The molecule has 0 atom stereocenters. The van der Waals surface area contributed by atoms with Gasteiger partial charge in [0, 0.05) is 11.8 Å². The highest BCUT2D eigenvalue weighted by atomic mass is 16.5. The van der Waals surface area contributed by atoms with E-state index in [0.717, 1.165) is 47.4 Å². The number of aryl methyl sites for hydroxylation is 2. The van der Waals surface area contributed by atoms with Gasteiger partial charge in [-0.25, -0.2) is 0 Å². The van der Waals surface area contributed by atoms with Crippen LogP contribution in [-0.2, 0) is 4.79 Å². The van der Waals surface area contributed by atoms with E-state index in [-0.39, 0.29) is 11.4 Å². The van der Waals surface area contributed by atoms with Crippen LogP contribution in [0.2, 0.25) is 0 Å². The maximum atomic E-state index is 13.5. The Balaban J connectivity index is 1.44.